The standard InChI is InChI=1S/C21H18N2O3/c24-20(15-26-21(25)18-10-6-12-22-14-18)23-19-11-5-4-9-17(19)13-16-7-2-1-3-8-16/h1-12,14H,13,15H2,(H,23,24). The number of amides is 1. The van der Waals surface area contributed by atoms with Gasteiger partial charge < -0.3 is 10.1 Å². The Kier molecular flexibility index (Phi) is 5.72. The Bertz CT molecular complexity index is 880. The first kappa shape index (κ1) is 17.4. The summed E-state index contributed by atoms with van der Waals surface area (Å²) in [5.41, 5.74) is 3.16. The van der Waals surface area contributed by atoms with E-state index in [0.717, 1.165) is 11.1 Å². The number of carbonyl (C=O) groups is 2. The zero-order valence-electron chi connectivity index (χ0n) is 14.1. The summed E-state index contributed by atoms with van der Waals surface area (Å²) in [6.45, 7) is -0.354. The van der Waals surface area contributed by atoms with E-state index in [2.05, 4.69) is 10.3 Å². The first-order valence-corrected chi connectivity index (χ1v) is 8.21. The highest BCUT2D eigenvalue weighted by Crippen LogP contribution is 2.19. The van der Waals surface area contributed by atoms with Gasteiger partial charge in [-0.2, -0.15) is 0 Å². The van der Waals surface area contributed by atoms with Gasteiger partial charge in [0.05, 0.1) is 5.56 Å². The highest BCUT2D eigenvalue weighted by Gasteiger charge is 2.12. The van der Waals surface area contributed by atoms with Gasteiger partial charge in [-0.1, -0.05) is 48.5 Å². The molecule has 0 saturated carbocycles. The molecule has 0 saturated heterocycles. The molecule has 5 nitrogen and oxygen atoms in total. The fraction of sp³-hybridized carbons (Fsp3) is 0.0952. The molecule has 5 heteroatoms. The first-order chi connectivity index (χ1) is 12.7. The maximum absolute atomic E-state index is 12.1. The Morgan fingerprint density at radius 2 is 1.69 bits per heavy atom. The van der Waals surface area contributed by atoms with Crippen LogP contribution in [0, 0.1) is 0 Å². The maximum Gasteiger partial charge on any atom is 0.340 e. The molecular weight excluding hydrogens is 328 g/mol. The van der Waals surface area contributed by atoms with Crippen LogP contribution in [0.15, 0.2) is 79.1 Å². The third-order valence-electron chi connectivity index (χ3n) is 3.76. The van der Waals surface area contributed by atoms with Gasteiger partial charge in [-0.05, 0) is 35.7 Å². The van der Waals surface area contributed by atoms with E-state index in [1.807, 2.05) is 54.6 Å². The number of aromatic nitrogens is 1. The van der Waals surface area contributed by atoms with Crippen molar-refractivity contribution in [2.24, 2.45) is 0 Å². The molecule has 0 atom stereocenters. The quantitative estimate of drug-likeness (QED) is 0.694. The van der Waals surface area contributed by atoms with E-state index in [1.165, 1.54) is 6.20 Å². The summed E-state index contributed by atoms with van der Waals surface area (Å²) < 4.78 is 5.03. The lowest BCUT2D eigenvalue weighted by molar-refractivity contribution is -0.119. The van der Waals surface area contributed by atoms with E-state index in [9.17, 15) is 9.59 Å². The Hall–Kier alpha value is -3.47. The Morgan fingerprint density at radius 1 is 0.923 bits per heavy atom. The molecule has 0 aliphatic rings. The molecule has 130 valence electrons. The van der Waals surface area contributed by atoms with E-state index in [1.54, 1.807) is 18.3 Å². The summed E-state index contributed by atoms with van der Waals surface area (Å²) in [7, 11) is 0. The molecule has 3 aromatic rings. The van der Waals surface area contributed by atoms with E-state index < -0.39 is 5.97 Å². The van der Waals surface area contributed by atoms with Crippen LogP contribution >= 0.6 is 0 Å². The normalized spacial score (nSPS) is 10.2. The summed E-state index contributed by atoms with van der Waals surface area (Å²) in [6.07, 6.45) is 3.66. The molecule has 3 rings (SSSR count). The minimum absolute atomic E-state index is 0.310. The van der Waals surface area contributed by atoms with Gasteiger partial charge in [-0.25, -0.2) is 4.79 Å². The second-order valence-corrected chi connectivity index (χ2v) is 5.69. The number of pyridine rings is 1. The number of hydrogen-bond acceptors (Lipinski definition) is 4. The zero-order chi connectivity index (χ0) is 18.2. The van der Waals surface area contributed by atoms with Gasteiger partial charge in [-0.15, -0.1) is 0 Å². The van der Waals surface area contributed by atoms with Gasteiger partial charge in [0.15, 0.2) is 6.61 Å². The number of nitrogens with zero attached hydrogens (tertiary/aromatic N) is 1. The minimum atomic E-state index is -0.578. The number of para-hydroxylation sites is 1. The molecule has 0 aliphatic heterocycles. The van der Waals surface area contributed by atoms with Crippen LogP contribution in [0.4, 0.5) is 5.69 Å². The van der Waals surface area contributed by atoms with Gasteiger partial charge in [0.25, 0.3) is 5.91 Å². The first-order valence-electron chi connectivity index (χ1n) is 8.21. The van der Waals surface area contributed by atoms with Gasteiger partial charge >= 0.3 is 5.97 Å². The number of carbonyl (C=O) groups excluding carboxylic acids is 2. The average molecular weight is 346 g/mol. The monoisotopic (exact) mass is 346 g/mol. The van der Waals surface area contributed by atoms with Crippen LogP contribution in [-0.2, 0) is 16.0 Å². The van der Waals surface area contributed by atoms with Crippen LogP contribution in [-0.4, -0.2) is 23.5 Å². The number of esters is 1. The molecule has 0 bridgehead atoms. The summed E-state index contributed by atoms with van der Waals surface area (Å²) in [5, 5.41) is 2.81. The van der Waals surface area contributed by atoms with Crippen LogP contribution in [0.5, 0.6) is 0 Å². The fourth-order valence-corrected chi connectivity index (χ4v) is 2.50. The summed E-state index contributed by atoms with van der Waals surface area (Å²) in [6, 6.07) is 20.8. The number of anilines is 1. The molecule has 1 N–H and O–H groups in total. The SMILES string of the molecule is O=C(COC(=O)c1cccnc1)Nc1ccccc1Cc1ccccc1. The van der Waals surface area contributed by atoms with Crippen molar-refractivity contribution in [1.29, 1.82) is 0 Å². The lowest BCUT2D eigenvalue weighted by Gasteiger charge is -2.11. The number of ether oxygens (including phenoxy) is 1. The molecule has 0 radical (unpaired) electrons. The molecule has 1 heterocycles. The molecule has 1 amide bonds. The minimum Gasteiger partial charge on any atom is -0.452 e. The maximum atomic E-state index is 12.1. The van der Waals surface area contributed by atoms with E-state index in [0.29, 0.717) is 17.7 Å². The third kappa shape index (κ3) is 4.77. The van der Waals surface area contributed by atoms with Crippen molar-refractivity contribution in [3.05, 3.63) is 95.8 Å². The van der Waals surface area contributed by atoms with Crippen LogP contribution < -0.4 is 5.32 Å². The van der Waals surface area contributed by atoms with Crippen molar-refractivity contribution >= 4 is 17.6 Å². The van der Waals surface area contributed by atoms with E-state index >= 15 is 0 Å². The lowest BCUT2D eigenvalue weighted by atomic mass is 10.0. The Labute approximate surface area is 151 Å². The molecule has 1 aromatic heterocycles. The van der Waals surface area contributed by atoms with Crippen LogP contribution in [0.2, 0.25) is 0 Å². The number of benzene rings is 2. The van der Waals surface area contributed by atoms with Crippen molar-refractivity contribution in [2.45, 2.75) is 6.42 Å². The van der Waals surface area contributed by atoms with E-state index in [-0.39, 0.29) is 12.5 Å². The zero-order valence-corrected chi connectivity index (χ0v) is 14.1. The molecule has 2 aromatic carbocycles. The van der Waals surface area contributed by atoms with Crippen LogP contribution in [0.25, 0.3) is 0 Å². The van der Waals surface area contributed by atoms with Crippen molar-refractivity contribution < 1.29 is 14.3 Å². The number of rotatable bonds is 6. The molecule has 0 spiro atoms. The second-order valence-electron chi connectivity index (χ2n) is 5.69. The highest BCUT2D eigenvalue weighted by atomic mass is 16.5. The Morgan fingerprint density at radius 3 is 2.46 bits per heavy atom. The van der Waals surface area contributed by atoms with Crippen molar-refractivity contribution in [3.63, 3.8) is 0 Å². The molecule has 0 unspecified atom stereocenters. The number of nitrogens with one attached hydrogen (secondary N) is 1. The fourth-order valence-electron chi connectivity index (χ4n) is 2.50. The molecule has 0 aliphatic carbocycles. The average Bonchev–Trinajstić information content (AvgIpc) is 2.69. The van der Waals surface area contributed by atoms with Crippen LogP contribution in [0.1, 0.15) is 21.5 Å². The summed E-state index contributed by atoms with van der Waals surface area (Å²) in [4.78, 5) is 27.9. The van der Waals surface area contributed by atoms with Crippen molar-refractivity contribution in [2.75, 3.05) is 11.9 Å². The van der Waals surface area contributed by atoms with Gasteiger partial charge in [0.1, 0.15) is 0 Å². The Balaban J connectivity index is 1.60. The van der Waals surface area contributed by atoms with Crippen molar-refractivity contribution in [3.8, 4) is 0 Å². The predicted octanol–water partition coefficient (Wildman–Crippen LogP) is 3.47. The number of hydrogen-bond donors (Lipinski definition) is 1. The van der Waals surface area contributed by atoms with Gasteiger partial charge in [0.2, 0.25) is 0 Å². The molecular formula is C21H18N2O3. The van der Waals surface area contributed by atoms with Gasteiger partial charge in [0, 0.05) is 18.1 Å². The van der Waals surface area contributed by atoms with E-state index in [4.69, 9.17) is 4.74 Å². The second kappa shape index (κ2) is 8.58. The van der Waals surface area contributed by atoms with Crippen LogP contribution in [0.3, 0.4) is 0 Å². The van der Waals surface area contributed by atoms with Gasteiger partial charge in [-0.3, -0.25) is 9.78 Å². The highest BCUT2D eigenvalue weighted by molar-refractivity contribution is 5.95. The largest absolute Gasteiger partial charge is 0.452 e. The summed E-state index contributed by atoms with van der Waals surface area (Å²) >= 11 is 0. The molecule has 0 fully saturated rings. The molecule has 26 heavy (non-hydrogen) atoms. The predicted molar refractivity (Wildman–Crippen MR) is 98.8 cm³/mol. The van der Waals surface area contributed by atoms with Crippen molar-refractivity contribution in [1.82, 2.24) is 4.98 Å². The summed E-state index contributed by atoms with van der Waals surface area (Å²) in [5.74, 6) is -0.964. The lowest BCUT2D eigenvalue weighted by Crippen LogP contribution is -2.21. The third-order valence-corrected chi connectivity index (χ3v) is 3.76. The smallest absolute Gasteiger partial charge is 0.340 e. The topological polar surface area (TPSA) is 68.3 Å².